The predicted molar refractivity (Wildman–Crippen MR) is 119 cm³/mol. The molecule has 7 heteroatoms. The molecular formula is C24H24N2O5. The van der Waals surface area contributed by atoms with Crippen LogP contribution in [0.1, 0.15) is 36.0 Å². The van der Waals surface area contributed by atoms with Crippen molar-refractivity contribution in [2.45, 2.75) is 39.2 Å². The molecule has 0 radical (unpaired) electrons. The zero-order chi connectivity index (χ0) is 22.4. The topological polar surface area (TPSA) is 102 Å². The van der Waals surface area contributed by atoms with Crippen LogP contribution in [0.2, 0.25) is 0 Å². The molecular weight excluding hydrogens is 396 g/mol. The summed E-state index contributed by atoms with van der Waals surface area (Å²) in [5.74, 6) is -0.629. The largest absolute Gasteiger partial charge is 0.507 e. The Labute approximate surface area is 178 Å². The van der Waals surface area contributed by atoms with Gasteiger partial charge in [0.1, 0.15) is 5.76 Å². The van der Waals surface area contributed by atoms with Gasteiger partial charge in [0.25, 0.3) is 5.56 Å². The summed E-state index contributed by atoms with van der Waals surface area (Å²) in [6, 6.07) is 10.1. The van der Waals surface area contributed by atoms with E-state index in [-0.39, 0.29) is 34.5 Å². The van der Waals surface area contributed by atoms with Gasteiger partial charge in [0.05, 0.1) is 28.3 Å². The number of aliphatic hydroxyl groups is 2. The maximum atomic E-state index is 13.4. The summed E-state index contributed by atoms with van der Waals surface area (Å²) in [6.45, 7) is 3.67. The van der Waals surface area contributed by atoms with E-state index in [1.165, 1.54) is 10.6 Å². The summed E-state index contributed by atoms with van der Waals surface area (Å²) < 4.78 is 2.53. The second-order valence-electron chi connectivity index (χ2n) is 8.05. The van der Waals surface area contributed by atoms with Crippen molar-refractivity contribution in [3.05, 3.63) is 79.5 Å². The normalized spacial score (nSPS) is 18.5. The second-order valence-corrected chi connectivity index (χ2v) is 8.05. The SMILES string of the molecule is Cc1cccc(C)c1-n1c(=O)c2cc(/C(O)=C3/C(=O)CCCC3O)ccc2n(C)c1=O. The maximum absolute atomic E-state index is 13.4. The van der Waals surface area contributed by atoms with E-state index in [1.807, 2.05) is 32.0 Å². The number of ketones is 1. The molecule has 3 aromatic rings. The average Bonchev–Trinajstić information content (AvgIpc) is 2.73. The smallest absolute Gasteiger partial charge is 0.335 e. The van der Waals surface area contributed by atoms with Gasteiger partial charge >= 0.3 is 5.69 Å². The number of carbonyl (C=O) groups is 1. The summed E-state index contributed by atoms with van der Waals surface area (Å²) in [6.07, 6.45) is 0.185. The van der Waals surface area contributed by atoms with Gasteiger partial charge in [-0.1, -0.05) is 18.2 Å². The van der Waals surface area contributed by atoms with Gasteiger partial charge in [0.15, 0.2) is 5.78 Å². The van der Waals surface area contributed by atoms with Crippen molar-refractivity contribution >= 4 is 22.4 Å². The van der Waals surface area contributed by atoms with Crippen LogP contribution >= 0.6 is 0 Å². The highest BCUT2D eigenvalue weighted by Gasteiger charge is 2.28. The van der Waals surface area contributed by atoms with E-state index in [2.05, 4.69) is 0 Å². The van der Waals surface area contributed by atoms with Crippen LogP contribution in [0.4, 0.5) is 0 Å². The van der Waals surface area contributed by atoms with Gasteiger partial charge in [-0.05, 0) is 56.0 Å². The summed E-state index contributed by atoms with van der Waals surface area (Å²) in [5, 5.41) is 21.2. The van der Waals surface area contributed by atoms with Gasteiger partial charge in [0.2, 0.25) is 0 Å². The Morgan fingerprint density at radius 1 is 1.06 bits per heavy atom. The van der Waals surface area contributed by atoms with Crippen LogP contribution in [0, 0.1) is 13.8 Å². The fourth-order valence-electron chi connectivity index (χ4n) is 4.33. The monoisotopic (exact) mass is 420 g/mol. The molecule has 0 aliphatic heterocycles. The molecule has 2 aromatic carbocycles. The Hall–Kier alpha value is -3.45. The molecule has 0 amide bonds. The highest BCUT2D eigenvalue weighted by molar-refractivity contribution is 6.03. The molecule has 1 fully saturated rings. The molecule has 0 saturated heterocycles. The zero-order valence-electron chi connectivity index (χ0n) is 17.7. The Kier molecular flexibility index (Phi) is 5.15. The number of aliphatic hydroxyl groups excluding tert-OH is 2. The fraction of sp³-hybridized carbons (Fsp3) is 0.292. The van der Waals surface area contributed by atoms with E-state index in [4.69, 9.17) is 0 Å². The first-order chi connectivity index (χ1) is 14.7. The molecule has 0 spiro atoms. The quantitative estimate of drug-likeness (QED) is 0.490. The molecule has 1 atom stereocenters. The number of hydrogen-bond acceptors (Lipinski definition) is 5. The number of aromatic nitrogens is 2. The molecule has 2 N–H and O–H groups in total. The maximum Gasteiger partial charge on any atom is 0.335 e. The Bertz CT molecular complexity index is 1360. The average molecular weight is 420 g/mol. The van der Waals surface area contributed by atoms with Gasteiger partial charge in [-0.2, -0.15) is 0 Å². The van der Waals surface area contributed by atoms with Crippen LogP contribution in [-0.2, 0) is 11.8 Å². The molecule has 0 bridgehead atoms. The van der Waals surface area contributed by atoms with E-state index >= 15 is 0 Å². The van der Waals surface area contributed by atoms with Crippen LogP contribution in [0.3, 0.4) is 0 Å². The molecule has 1 aromatic heterocycles. The van der Waals surface area contributed by atoms with Crippen LogP contribution < -0.4 is 11.2 Å². The van der Waals surface area contributed by atoms with Crippen LogP contribution in [0.15, 0.2) is 51.6 Å². The van der Waals surface area contributed by atoms with Gasteiger partial charge in [0, 0.05) is 19.0 Å². The number of benzene rings is 2. The minimum absolute atomic E-state index is 0.0227. The third-order valence-electron chi connectivity index (χ3n) is 5.98. The standard InChI is InChI=1S/C24H24N2O5/c1-13-6-4-7-14(2)21(13)26-23(30)16-12-15(10-11-17(16)25(3)24(26)31)22(29)20-18(27)8-5-9-19(20)28/h4,6-7,10-12,18,27,29H,5,8-9H2,1-3H3/b22-20-. The molecule has 4 rings (SSSR count). The van der Waals surface area contributed by atoms with Crippen molar-refractivity contribution in [1.29, 1.82) is 0 Å². The lowest BCUT2D eigenvalue weighted by atomic mass is 9.88. The van der Waals surface area contributed by atoms with Crippen molar-refractivity contribution in [1.82, 2.24) is 9.13 Å². The molecule has 1 aliphatic carbocycles. The Balaban J connectivity index is 2.03. The first-order valence-corrected chi connectivity index (χ1v) is 10.2. The van der Waals surface area contributed by atoms with Crippen molar-refractivity contribution in [2.75, 3.05) is 0 Å². The van der Waals surface area contributed by atoms with Crippen molar-refractivity contribution in [2.24, 2.45) is 7.05 Å². The van der Waals surface area contributed by atoms with Gasteiger partial charge in [-0.3, -0.25) is 14.2 Å². The molecule has 1 saturated carbocycles. The minimum atomic E-state index is -1.04. The summed E-state index contributed by atoms with van der Waals surface area (Å²) in [5.41, 5.74) is 1.77. The molecule has 31 heavy (non-hydrogen) atoms. The Morgan fingerprint density at radius 3 is 2.39 bits per heavy atom. The van der Waals surface area contributed by atoms with Crippen molar-refractivity contribution < 1.29 is 15.0 Å². The molecule has 1 unspecified atom stereocenters. The molecule has 1 heterocycles. The molecule has 160 valence electrons. The summed E-state index contributed by atoms with van der Waals surface area (Å²) in [7, 11) is 1.58. The zero-order valence-corrected chi connectivity index (χ0v) is 17.7. The second kappa shape index (κ2) is 7.67. The van der Waals surface area contributed by atoms with E-state index in [0.717, 1.165) is 15.7 Å². The summed E-state index contributed by atoms with van der Waals surface area (Å²) in [4.78, 5) is 38.7. The third-order valence-corrected chi connectivity index (χ3v) is 5.98. The number of Topliss-reactive ketones (excluding diaryl/α,β-unsaturated/α-hetero) is 1. The number of para-hydroxylation sites is 1. The van der Waals surface area contributed by atoms with Gasteiger partial charge in [-0.25, -0.2) is 9.36 Å². The van der Waals surface area contributed by atoms with E-state index < -0.39 is 17.4 Å². The first kappa shape index (κ1) is 20.8. The van der Waals surface area contributed by atoms with Crippen LogP contribution in [-0.4, -0.2) is 31.2 Å². The number of carbonyl (C=O) groups excluding carboxylic acids is 1. The van der Waals surface area contributed by atoms with Crippen molar-refractivity contribution in [3.8, 4) is 5.69 Å². The lowest BCUT2D eigenvalue weighted by molar-refractivity contribution is -0.117. The number of fused-ring (bicyclic) bond motifs is 1. The highest BCUT2D eigenvalue weighted by Crippen LogP contribution is 2.28. The molecule has 7 nitrogen and oxygen atoms in total. The van der Waals surface area contributed by atoms with E-state index in [1.54, 1.807) is 19.2 Å². The Morgan fingerprint density at radius 2 is 1.74 bits per heavy atom. The molecule has 1 aliphatic rings. The van der Waals surface area contributed by atoms with E-state index in [9.17, 15) is 24.6 Å². The predicted octanol–water partition coefficient (Wildman–Crippen LogP) is 2.69. The number of hydrogen-bond donors (Lipinski definition) is 2. The van der Waals surface area contributed by atoms with Gasteiger partial charge in [-0.15, -0.1) is 0 Å². The highest BCUT2D eigenvalue weighted by atomic mass is 16.3. The summed E-state index contributed by atoms with van der Waals surface area (Å²) >= 11 is 0. The number of aryl methyl sites for hydroxylation is 3. The number of rotatable bonds is 2. The van der Waals surface area contributed by atoms with E-state index in [0.29, 0.717) is 24.0 Å². The first-order valence-electron chi connectivity index (χ1n) is 10.2. The lowest BCUT2D eigenvalue weighted by Gasteiger charge is -2.21. The third kappa shape index (κ3) is 3.31. The minimum Gasteiger partial charge on any atom is -0.507 e. The lowest BCUT2D eigenvalue weighted by Crippen LogP contribution is -2.38. The van der Waals surface area contributed by atoms with Crippen LogP contribution in [0.25, 0.3) is 22.3 Å². The number of nitrogens with zero attached hydrogens (tertiary/aromatic N) is 2. The fourth-order valence-corrected chi connectivity index (χ4v) is 4.33. The van der Waals surface area contributed by atoms with Gasteiger partial charge < -0.3 is 10.2 Å². The van der Waals surface area contributed by atoms with Crippen molar-refractivity contribution in [3.63, 3.8) is 0 Å². The van der Waals surface area contributed by atoms with Crippen LogP contribution in [0.5, 0.6) is 0 Å².